The van der Waals surface area contributed by atoms with E-state index < -0.39 is 8.80 Å². The lowest BCUT2D eigenvalue weighted by Crippen LogP contribution is -2.20. The molecule has 0 bridgehead atoms. The predicted molar refractivity (Wildman–Crippen MR) is 82.8 cm³/mol. The van der Waals surface area contributed by atoms with Gasteiger partial charge in [0.1, 0.15) is 0 Å². The molecule has 0 aliphatic carbocycles. The van der Waals surface area contributed by atoms with E-state index in [0.29, 0.717) is 0 Å². The Morgan fingerprint density at radius 3 is 1.53 bits per heavy atom. The van der Waals surface area contributed by atoms with Crippen LogP contribution in [-0.4, -0.2) is 14.6 Å². The molecule has 2 heteroatoms. The molecule has 0 spiro atoms. The molecule has 0 aliphatic rings. The Morgan fingerprint density at radius 1 is 0.765 bits per heavy atom. The molecule has 0 radical (unpaired) electrons. The van der Waals surface area contributed by atoms with Gasteiger partial charge < -0.3 is 0 Å². The average molecular weight is 258 g/mol. The van der Waals surface area contributed by atoms with E-state index in [2.05, 4.69) is 73.8 Å². The third-order valence-corrected chi connectivity index (χ3v) is 8.91. The second kappa shape index (κ2) is 6.14. The molecule has 17 heavy (non-hydrogen) atoms. The molecule has 0 saturated heterocycles. The molecule has 0 aromatic heterocycles. The van der Waals surface area contributed by atoms with Gasteiger partial charge in [0, 0.05) is 8.80 Å². The van der Waals surface area contributed by atoms with Crippen molar-refractivity contribution >= 4 is 27.3 Å². The topological polar surface area (TPSA) is 0 Å². The summed E-state index contributed by atoms with van der Waals surface area (Å²) in [5, 5.41) is 3.05. The maximum Gasteiger partial charge on any atom is 0.0358 e. The molecule has 88 valence electrons. The smallest absolute Gasteiger partial charge is 0.0358 e. The van der Waals surface area contributed by atoms with Gasteiger partial charge in [0.15, 0.2) is 0 Å². The number of hydrogen-bond donors (Lipinski definition) is 0. The Balaban J connectivity index is 2.32. The van der Waals surface area contributed by atoms with Gasteiger partial charge in [-0.15, -0.1) is 0 Å². The highest BCUT2D eigenvalue weighted by atomic mass is 31.1. The van der Waals surface area contributed by atoms with E-state index in [0.717, 1.165) is 0 Å². The van der Waals surface area contributed by atoms with Crippen LogP contribution in [0.15, 0.2) is 60.7 Å². The molecule has 0 saturated carbocycles. The fourth-order valence-corrected chi connectivity index (χ4v) is 7.91. The van der Waals surface area contributed by atoms with Gasteiger partial charge in [-0.2, -0.15) is 0 Å². The first kappa shape index (κ1) is 12.5. The Labute approximate surface area is 107 Å². The highest BCUT2D eigenvalue weighted by molar-refractivity contribution is 7.74. The molecular formula is C15H19PSi. The van der Waals surface area contributed by atoms with Crippen LogP contribution in [0, 0.1) is 0 Å². The summed E-state index contributed by atoms with van der Waals surface area (Å²) in [4.78, 5) is 0. The van der Waals surface area contributed by atoms with Crippen LogP contribution in [-0.2, 0) is 0 Å². The van der Waals surface area contributed by atoms with Crippen LogP contribution < -0.4 is 10.6 Å². The van der Waals surface area contributed by atoms with E-state index >= 15 is 0 Å². The van der Waals surface area contributed by atoms with E-state index in [1.54, 1.807) is 0 Å². The number of hydrogen-bond acceptors (Lipinski definition) is 0. The second-order valence-electron chi connectivity index (χ2n) is 4.68. The molecule has 2 aromatic carbocycles. The Hall–Kier alpha value is -0.913. The van der Waals surface area contributed by atoms with Gasteiger partial charge in [-0.05, 0) is 24.3 Å². The first-order chi connectivity index (χ1) is 8.27. The van der Waals surface area contributed by atoms with Gasteiger partial charge >= 0.3 is 0 Å². The van der Waals surface area contributed by atoms with Crippen molar-refractivity contribution in [3.8, 4) is 0 Å². The van der Waals surface area contributed by atoms with Crippen LogP contribution in [0.1, 0.15) is 0 Å². The van der Waals surface area contributed by atoms with Crippen molar-refractivity contribution in [2.75, 3.05) is 5.79 Å². The summed E-state index contributed by atoms with van der Waals surface area (Å²) >= 11 is 0. The third-order valence-electron chi connectivity index (χ3n) is 2.68. The van der Waals surface area contributed by atoms with Gasteiger partial charge in [0.25, 0.3) is 0 Å². The standard InChI is InChI=1S/C15H19PSi/c1-17(2)13-16(14-9-5-3-6-10-14)15-11-7-4-8-12-15/h3-12,17H,13H2,1-2H3. The van der Waals surface area contributed by atoms with Crippen LogP contribution in [0.3, 0.4) is 0 Å². The molecular weight excluding hydrogens is 239 g/mol. The van der Waals surface area contributed by atoms with E-state index in [9.17, 15) is 0 Å². The van der Waals surface area contributed by atoms with Crippen LogP contribution in [0.4, 0.5) is 0 Å². The normalized spacial score (nSPS) is 11.1. The third kappa shape index (κ3) is 3.52. The van der Waals surface area contributed by atoms with Gasteiger partial charge in [0.05, 0.1) is 0 Å². The van der Waals surface area contributed by atoms with Crippen molar-refractivity contribution in [3.63, 3.8) is 0 Å². The lowest BCUT2D eigenvalue weighted by atomic mass is 10.4. The minimum Gasteiger partial charge on any atom is -0.0719 e. The van der Waals surface area contributed by atoms with Crippen molar-refractivity contribution in [2.24, 2.45) is 0 Å². The van der Waals surface area contributed by atoms with E-state index in [4.69, 9.17) is 0 Å². The molecule has 0 amide bonds. The Kier molecular flexibility index (Phi) is 4.53. The summed E-state index contributed by atoms with van der Waals surface area (Å²) in [5.74, 6) is 1.41. The van der Waals surface area contributed by atoms with E-state index in [1.165, 1.54) is 16.4 Å². The van der Waals surface area contributed by atoms with E-state index in [-0.39, 0.29) is 7.92 Å². The highest BCUT2D eigenvalue weighted by Crippen LogP contribution is 2.33. The van der Waals surface area contributed by atoms with Gasteiger partial charge in [-0.1, -0.05) is 73.8 Å². The molecule has 0 atom stereocenters. The Morgan fingerprint density at radius 2 is 1.18 bits per heavy atom. The fraction of sp³-hybridized carbons (Fsp3) is 0.200. The Bertz CT molecular complexity index is 399. The van der Waals surface area contributed by atoms with E-state index in [1.807, 2.05) is 0 Å². The summed E-state index contributed by atoms with van der Waals surface area (Å²) in [5.41, 5.74) is 0. The van der Waals surface area contributed by atoms with Crippen molar-refractivity contribution in [1.29, 1.82) is 0 Å². The molecule has 0 unspecified atom stereocenters. The SMILES string of the molecule is C[SiH](C)CP(c1ccccc1)c1ccccc1. The summed E-state index contributed by atoms with van der Waals surface area (Å²) < 4.78 is 0. The predicted octanol–water partition coefficient (Wildman–Crippen LogP) is 3.15. The number of benzene rings is 2. The number of rotatable bonds is 4. The van der Waals surface area contributed by atoms with Gasteiger partial charge in [-0.3, -0.25) is 0 Å². The zero-order chi connectivity index (χ0) is 12.1. The molecule has 0 N–H and O–H groups in total. The zero-order valence-corrected chi connectivity index (χ0v) is 12.6. The lowest BCUT2D eigenvalue weighted by Gasteiger charge is -2.20. The first-order valence-electron chi connectivity index (χ1n) is 6.15. The van der Waals surface area contributed by atoms with Crippen molar-refractivity contribution in [1.82, 2.24) is 0 Å². The maximum atomic E-state index is 2.45. The largest absolute Gasteiger partial charge is 0.0719 e. The molecule has 0 heterocycles. The first-order valence-corrected chi connectivity index (χ1v) is 10.8. The quantitative estimate of drug-likeness (QED) is 0.584. The van der Waals surface area contributed by atoms with Crippen molar-refractivity contribution < 1.29 is 0 Å². The minimum atomic E-state index is -0.539. The fourth-order valence-electron chi connectivity index (χ4n) is 1.94. The van der Waals surface area contributed by atoms with Gasteiger partial charge in [-0.25, -0.2) is 0 Å². The van der Waals surface area contributed by atoms with Crippen molar-refractivity contribution in [2.45, 2.75) is 13.1 Å². The molecule has 2 rings (SSSR count). The summed E-state index contributed by atoms with van der Waals surface area (Å²) in [6.45, 7) is 4.89. The van der Waals surface area contributed by atoms with Crippen molar-refractivity contribution in [3.05, 3.63) is 60.7 Å². The van der Waals surface area contributed by atoms with Crippen LogP contribution in [0.2, 0.25) is 13.1 Å². The second-order valence-corrected chi connectivity index (χ2v) is 10.8. The summed E-state index contributed by atoms with van der Waals surface area (Å²) in [6, 6.07) is 22.0. The summed E-state index contributed by atoms with van der Waals surface area (Å²) in [7, 11) is -0.668. The molecule has 2 aromatic rings. The van der Waals surface area contributed by atoms with Gasteiger partial charge in [0.2, 0.25) is 0 Å². The lowest BCUT2D eigenvalue weighted by molar-refractivity contribution is 1.73. The maximum absolute atomic E-state index is 2.45. The van der Waals surface area contributed by atoms with Crippen LogP contribution in [0.5, 0.6) is 0 Å². The molecule has 0 fully saturated rings. The average Bonchev–Trinajstić information content (AvgIpc) is 2.38. The highest BCUT2D eigenvalue weighted by Gasteiger charge is 2.14. The summed E-state index contributed by atoms with van der Waals surface area (Å²) in [6.07, 6.45) is 0. The zero-order valence-electron chi connectivity index (χ0n) is 10.5. The van der Waals surface area contributed by atoms with Crippen LogP contribution >= 0.6 is 7.92 Å². The minimum absolute atomic E-state index is 0.129. The molecule has 0 aliphatic heterocycles. The molecule has 0 nitrogen and oxygen atoms in total. The van der Waals surface area contributed by atoms with Crippen LogP contribution in [0.25, 0.3) is 0 Å². The monoisotopic (exact) mass is 258 g/mol.